The molecule has 0 amide bonds. The number of hydrogen-bond donors (Lipinski definition) is 2. The SMILES string of the molecule is CC(C)CCOCCNCc1ccc(CO)o1. The molecule has 0 unspecified atom stereocenters. The Hall–Kier alpha value is -0.840. The predicted octanol–water partition coefficient (Wildman–Crippen LogP) is 1.92. The first-order chi connectivity index (χ1) is 8.22. The fourth-order valence-corrected chi connectivity index (χ4v) is 1.38. The molecule has 0 bridgehead atoms. The van der Waals surface area contributed by atoms with Gasteiger partial charge in [-0.05, 0) is 24.5 Å². The summed E-state index contributed by atoms with van der Waals surface area (Å²) in [4.78, 5) is 0. The summed E-state index contributed by atoms with van der Waals surface area (Å²) in [6.07, 6.45) is 1.11. The van der Waals surface area contributed by atoms with E-state index in [0.717, 1.165) is 31.9 Å². The second kappa shape index (κ2) is 8.28. The minimum Gasteiger partial charge on any atom is -0.462 e. The fraction of sp³-hybridized carbons (Fsp3) is 0.692. The van der Waals surface area contributed by atoms with Crippen molar-refractivity contribution < 1.29 is 14.3 Å². The van der Waals surface area contributed by atoms with Crippen molar-refractivity contribution in [2.75, 3.05) is 19.8 Å². The number of nitrogens with one attached hydrogen (secondary N) is 1. The lowest BCUT2D eigenvalue weighted by Gasteiger charge is -2.06. The average molecular weight is 241 g/mol. The van der Waals surface area contributed by atoms with Gasteiger partial charge in [0.25, 0.3) is 0 Å². The van der Waals surface area contributed by atoms with Gasteiger partial charge in [0.1, 0.15) is 18.1 Å². The Morgan fingerprint density at radius 3 is 2.71 bits per heavy atom. The first-order valence-corrected chi connectivity index (χ1v) is 6.19. The molecule has 0 spiro atoms. The van der Waals surface area contributed by atoms with E-state index >= 15 is 0 Å². The molecule has 0 fully saturated rings. The Morgan fingerprint density at radius 2 is 2.06 bits per heavy atom. The molecule has 2 N–H and O–H groups in total. The Labute approximate surface area is 103 Å². The highest BCUT2D eigenvalue weighted by molar-refractivity contribution is 5.05. The van der Waals surface area contributed by atoms with Crippen LogP contribution in [0.2, 0.25) is 0 Å². The summed E-state index contributed by atoms with van der Waals surface area (Å²) < 4.78 is 10.8. The van der Waals surface area contributed by atoms with Crippen LogP contribution >= 0.6 is 0 Å². The van der Waals surface area contributed by atoms with Gasteiger partial charge in [0.15, 0.2) is 0 Å². The van der Waals surface area contributed by atoms with E-state index in [9.17, 15) is 0 Å². The van der Waals surface area contributed by atoms with E-state index in [-0.39, 0.29) is 6.61 Å². The van der Waals surface area contributed by atoms with E-state index in [1.807, 2.05) is 6.07 Å². The Kier molecular flexibility index (Phi) is 6.93. The van der Waals surface area contributed by atoms with Crippen LogP contribution in [0, 0.1) is 5.92 Å². The first-order valence-electron chi connectivity index (χ1n) is 6.19. The van der Waals surface area contributed by atoms with Gasteiger partial charge in [0.2, 0.25) is 0 Å². The second-order valence-electron chi connectivity index (χ2n) is 4.50. The van der Waals surface area contributed by atoms with Gasteiger partial charge in [-0.2, -0.15) is 0 Å². The molecule has 98 valence electrons. The predicted molar refractivity (Wildman–Crippen MR) is 66.6 cm³/mol. The van der Waals surface area contributed by atoms with Crippen molar-refractivity contribution in [3.8, 4) is 0 Å². The summed E-state index contributed by atoms with van der Waals surface area (Å²) in [5.41, 5.74) is 0. The smallest absolute Gasteiger partial charge is 0.129 e. The van der Waals surface area contributed by atoms with E-state index in [0.29, 0.717) is 18.2 Å². The van der Waals surface area contributed by atoms with Crippen LogP contribution in [0.4, 0.5) is 0 Å². The maximum atomic E-state index is 8.83. The van der Waals surface area contributed by atoms with Crippen LogP contribution in [0.3, 0.4) is 0 Å². The lowest BCUT2D eigenvalue weighted by Crippen LogP contribution is -2.19. The third kappa shape index (κ3) is 6.46. The van der Waals surface area contributed by atoms with Crippen molar-refractivity contribution in [2.24, 2.45) is 5.92 Å². The largest absolute Gasteiger partial charge is 0.462 e. The van der Waals surface area contributed by atoms with E-state index in [1.165, 1.54) is 0 Å². The molecular weight excluding hydrogens is 218 g/mol. The molecule has 4 heteroatoms. The molecule has 0 saturated heterocycles. The van der Waals surface area contributed by atoms with Crippen molar-refractivity contribution in [3.63, 3.8) is 0 Å². The number of hydrogen-bond acceptors (Lipinski definition) is 4. The molecule has 1 rings (SSSR count). The fourth-order valence-electron chi connectivity index (χ4n) is 1.38. The summed E-state index contributed by atoms with van der Waals surface area (Å²) in [6.45, 7) is 7.38. The highest BCUT2D eigenvalue weighted by Gasteiger charge is 2.00. The number of aliphatic hydroxyl groups is 1. The maximum absolute atomic E-state index is 8.83. The summed E-state index contributed by atoms with van der Waals surface area (Å²) >= 11 is 0. The van der Waals surface area contributed by atoms with Crippen molar-refractivity contribution >= 4 is 0 Å². The third-order valence-corrected chi connectivity index (χ3v) is 2.44. The van der Waals surface area contributed by atoms with Gasteiger partial charge in [-0.25, -0.2) is 0 Å². The molecule has 1 aromatic rings. The average Bonchev–Trinajstić information content (AvgIpc) is 2.75. The van der Waals surface area contributed by atoms with Crippen LogP contribution in [0.15, 0.2) is 16.5 Å². The van der Waals surface area contributed by atoms with Gasteiger partial charge < -0.3 is 19.6 Å². The molecule has 0 aliphatic rings. The normalized spacial score (nSPS) is 11.3. The van der Waals surface area contributed by atoms with Gasteiger partial charge in [-0.1, -0.05) is 13.8 Å². The van der Waals surface area contributed by atoms with Crippen molar-refractivity contribution in [3.05, 3.63) is 23.7 Å². The topological polar surface area (TPSA) is 54.6 Å². The van der Waals surface area contributed by atoms with Crippen LogP contribution in [0.5, 0.6) is 0 Å². The number of ether oxygens (including phenoxy) is 1. The molecule has 0 aromatic carbocycles. The highest BCUT2D eigenvalue weighted by Crippen LogP contribution is 2.06. The lowest BCUT2D eigenvalue weighted by atomic mass is 10.1. The molecular formula is C13H23NO3. The maximum Gasteiger partial charge on any atom is 0.129 e. The monoisotopic (exact) mass is 241 g/mol. The second-order valence-corrected chi connectivity index (χ2v) is 4.50. The number of furan rings is 1. The summed E-state index contributed by atoms with van der Waals surface area (Å²) in [5, 5.41) is 12.1. The van der Waals surface area contributed by atoms with Gasteiger partial charge in [0.05, 0.1) is 13.2 Å². The first kappa shape index (κ1) is 14.2. The van der Waals surface area contributed by atoms with Gasteiger partial charge in [0, 0.05) is 13.2 Å². The zero-order valence-electron chi connectivity index (χ0n) is 10.7. The highest BCUT2D eigenvalue weighted by atomic mass is 16.5. The van der Waals surface area contributed by atoms with Crippen LogP contribution in [-0.4, -0.2) is 24.9 Å². The van der Waals surface area contributed by atoms with Gasteiger partial charge in [-0.3, -0.25) is 0 Å². The van der Waals surface area contributed by atoms with Crippen LogP contribution < -0.4 is 5.32 Å². The van der Waals surface area contributed by atoms with Crippen molar-refractivity contribution in [1.29, 1.82) is 0 Å². The molecule has 0 aliphatic heterocycles. The van der Waals surface area contributed by atoms with E-state index in [4.69, 9.17) is 14.3 Å². The molecule has 0 radical (unpaired) electrons. The summed E-state index contributed by atoms with van der Waals surface area (Å²) in [5.74, 6) is 2.15. The minimum absolute atomic E-state index is 0.0433. The van der Waals surface area contributed by atoms with Crippen molar-refractivity contribution in [2.45, 2.75) is 33.4 Å². The molecule has 4 nitrogen and oxygen atoms in total. The number of aliphatic hydroxyl groups excluding tert-OH is 1. The lowest BCUT2D eigenvalue weighted by molar-refractivity contribution is 0.124. The molecule has 0 saturated carbocycles. The van der Waals surface area contributed by atoms with Crippen LogP contribution in [-0.2, 0) is 17.9 Å². The quantitative estimate of drug-likeness (QED) is 0.649. The van der Waals surface area contributed by atoms with E-state index in [2.05, 4.69) is 19.2 Å². The Balaban J connectivity index is 1.97. The van der Waals surface area contributed by atoms with Gasteiger partial charge >= 0.3 is 0 Å². The number of rotatable bonds is 9. The Morgan fingerprint density at radius 1 is 1.29 bits per heavy atom. The standard InChI is InChI=1S/C13H23NO3/c1-11(2)5-7-16-8-6-14-9-12-3-4-13(10-15)17-12/h3-4,11,14-15H,5-10H2,1-2H3. The zero-order chi connectivity index (χ0) is 12.5. The third-order valence-electron chi connectivity index (χ3n) is 2.44. The Bertz CT molecular complexity index is 297. The van der Waals surface area contributed by atoms with Crippen LogP contribution in [0.1, 0.15) is 31.8 Å². The summed E-state index contributed by atoms with van der Waals surface area (Å²) in [6, 6.07) is 3.66. The van der Waals surface area contributed by atoms with Gasteiger partial charge in [-0.15, -0.1) is 0 Å². The molecule has 17 heavy (non-hydrogen) atoms. The molecule has 0 atom stereocenters. The van der Waals surface area contributed by atoms with Crippen molar-refractivity contribution in [1.82, 2.24) is 5.32 Å². The zero-order valence-corrected chi connectivity index (χ0v) is 10.7. The molecule has 1 heterocycles. The minimum atomic E-state index is -0.0433. The van der Waals surface area contributed by atoms with E-state index in [1.54, 1.807) is 6.07 Å². The van der Waals surface area contributed by atoms with E-state index < -0.39 is 0 Å². The molecule has 0 aliphatic carbocycles. The van der Waals surface area contributed by atoms with Crippen LogP contribution in [0.25, 0.3) is 0 Å². The summed E-state index contributed by atoms with van der Waals surface area (Å²) in [7, 11) is 0. The molecule has 1 aromatic heterocycles.